The van der Waals surface area contributed by atoms with Gasteiger partial charge in [0.1, 0.15) is 6.10 Å². The summed E-state index contributed by atoms with van der Waals surface area (Å²) in [5, 5.41) is 0. The Morgan fingerprint density at radius 3 is 3.09 bits per heavy atom. The normalized spacial score (nSPS) is 23.2. The van der Waals surface area contributed by atoms with E-state index in [0.717, 1.165) is 6.42 Å². The van der Waals surface area contributed by atoms with E-state index in [1.165, 1.54) is 0 Å². The number of rotatable bonds is 2. The molecule has 5 nitrogen and oxygen atoms in total. The molecule has 1 aliphatic heterocycles. The predicted octanol–water partition coefficient (Wildman–Crippen LogP) is 0.278. The van der Waals surface area contributed by atoms with Crippen molar-refractivity contribution in [2.24, 2.45) is 0 Å². The van der Waals surface area contributed by atoms with E-state index >= 15 is 0 Å². The summed E-state index contributed by atoms with van der Waals surface area (Å²) in [4.78, 5) is 16.7. The number of carbonyl (C=O) groups excluding carboxylic acids is 1. The van der Waals surface area contributed by atoms with Gasteiger partial charge in [0, 0.05) is 6.42 Å². The van der Waals surface area contributed by atoms with Crippen LogP contribution in [-0.2, 0) is 14.3 Å². The molecule has 0 radical (unpaired) electrons. The SMILES string of the molecule is O=C(ONS)O[C@H]1CCOC1. The van der Waals surface area contributed by atoms with Gasteiger partial charge in [0.05, 0.1) is 13.2 Å². The Kier molecular flexibility index (Phi) is 3.47. The van der Waals surface area contributed by atoms with E-state index in [-0.39, 0.29) is 6.10 Å². The molecule has 64 valence electrons. The topological polar surface area (TPSA) is 56.8 Å². The molecule has 1 fully saturated rings. The first-order valence-electron chi connectivity index (χ1n) is 3.17. The molecule has 6 heteroatoms. The maximum atomic E-state index is 10.6. The van der Waals surface area contributed by atoms with Crippen molar-refractivity contribution < 1.29 is 19.1 Å². The van der Waals surface area contributed by atoms with E-state index in [4.69, 9.17) is 9.47 Å². The Morgan fingerprint density at radius 1 is 1.73 bits per heavy atom. The molecule has 0 bridgehead atoms. The molecule has 0 unspecified atom stereocenters. The lowest BCUT2D eigenvalue weighted by molar-refractivity contribution is 0.00996. The highest BCUT2D eigenvalue weighted by atomic mass is 32.1. The maximum absolute atomic E-state index is 10.6. The van der Waals surface area contributed by atoms with Crippen LogP contribution in [0.2, 0.25) is 0 Å². The maximum Gasteiger partial charge on any atom is 0.528 e. The van der Waals surface area contributed by atoms with Crippen molar-refractivity contribution in [2.45, 2.75) is 12.5 Å². The second-order valence-corrected chi connectivity index (χ2v) is 2.23. The minimum atomic E-state index is -0.782. The van der Waals surface area contributed by atoms with E-state index in [0.29, 0.717) is 13.2 Å². The number of ether oxygens (including phenoxy) is 2. The van der Waals surface area contributed by atoms with E-state index in [9.17, 15) is 4.79 Å². The molecule has 0 amide bonds. The second kappa shape index (κ2) is 4.42. The van der Waals surface area contributed by atoms with Crippen LogP contribution in [0.5, 0.6) is 0 Å². The van der Waals surface area contributed by atoms with Gasteiger partial charge in [-0.3, -0.25) is 0 Å². The highest BCUT2D eigenvalue weighted by molar-refractivity contribution is 7.77. The van der Waals surface area contributed by atoms with Crippen LogP contribution in [0.4, 0.5) is 4.79 Å². The fourth-order valence-corrected chi connectivity index (χ4v) is 0.878. The first-order valence-corrected chi connectivity index (χ1v) is 3.62. The molecule has 1 heterocycles. The van der Waals surface area contributed by atoms with Gasteiger partial charge in [-0.1, -0.05) is 17.7 Å². The number of carbonyl (C=O) groups is 1. The zero-order valence-corrected chi connectivity index (χ0v) is 6.67. The van der Waals surface area contributed by atoms with Gasteiger partial charge in [-0.25, -0.2) is 4.79 Å². The van der Waals surface area contributed by atoms with Crippen LogP contribution < -0.4 is 4.89 Å². The van der Waals surface area contributed by atoms with Crippen LogP contribution >= 0.6 is 12.8 Å². The summed E-state index contributed by atoms with van der Waals surface area (Å²) in [7, 11) is 0. The quantitative estimate of drug-likeness (QED) is 0.362. The minimum Gasteiger partial charge on any atom is -0.427 e. The summed E-state index contributed by atoms with van der Waals surface area (Å²) in [6.45, 7) is 1.08. The third kappa shape index (κ3) is 2.96. The molecular weight excluding hydrogens is 170 g/mol. The standard InChI is InChI=1S/C5H9NO4S/c7-5(10-6-11)9-4-1-2-8-3-4/h4,6,11H,1-3H2/t4-/m0/s1. The van der Waals surface area contributed by atoms with Crippen molar-refractivity contribution in [1.82, 2.24) is 4.89 Å². The third-order valence-corrected chi connectivity index (χ3v) is 1.37. The molecule has 0 aromatic heterocycles. The lowest BCUT2D eigenvalue weighted by Crippen LogP contribution is -2.21. The van der Waals surface area contributed by atoms with Crippen LogP contribution in [-0.4, -0.2) is 25.5 Å². The van der Waals surface area contributed by atoms with Crippen LogP contribution in [0.1, 0.15) is 6.42 Å². The van der Waals surface area contributed by atoms with Gasteiger partial charge < -0.3 is 14.3 Å². The zero-order chi connectivity index (χ0) is 8.10. The molecule has 1 atom stereocenters. The number of hydrogen-bond acceptors (Lipinski definition) is 6. The molecule has 0 saturated carbocycles. The van der Waals surface area contributed by atoms with Crippen molar-refractivity contribution in [1.29, 1.82) is 0 Å². The van der Waals surface area contributed by atoms with Crippen molar-refractivity contribution in [2.75, 3.05) is 13.2 Å². The van der Waals surface area contributed by atoms with Gasteiger partial charge in [0.15, 0.2) is 0 Å². The van der Waals surface area contributed by atoms with E-state index in [1.807, 2.05) is 4.89 Å². The Hall–Kier alpha value is -0.460. The molecule has 0 aliphatic carbocycles. The average molecular weight is 179 g/mol. The van der Waals surface area contributed by atoms with Crippen molar-refractivity contribution >= 4 is 19.0 Å². The molecule has 0 aromatic rings. The number of nitrogens with one attached hydrogen (secondary N) is 1. The zero-order valence-electron chi connectivity index (χ0n) is 5.78. The molecule has 1 rings (SSSR count). The predicted molar refractivity (Wildman–Crippen MR) is 38.9 cm³/mol. The Morgan fingerprint density at radius 2 is 2.55 bits per heavy atom. The third-order valence-electron chi connectivity index (χ3n) is 1.28. The first-order chi connectivity index (χ1) is 5.33. The minimum absolute atomic E-state index is 0.177. The summed E-state index contributed by atoms with van der Waals surface area (Å²) in [5.74, 6) is 0. The lowest BCUT2D eigenvalue weighted by Gasteiger charge is -2.07. The molecule has 1 saturated heterocycles. The molecule has 1 N–H and O–H groups in total. The van der Waals surface area contributed by atoms with Gasteiger partial charge in [0.2, 0.25) is 0 Å². The summed E-state index contributed by atoms with van der Waals surface area (Å²) in [5.41, 5.74) is 0. The van der Waals surface area contributed by atoms with Gasteiger partial charge in [-0.15, -0.1) is 0 Å². The van der Waals surface area contributed by atoms with Crippen molar-refractivity contribution in [3.05, 3.63) is 0 Å². The summed E-state index contributed by atoms with van der Waals surface area (Å²) in [6, 6.07) is 0. The van der Waals surface area contributed by atoms with E-state index in [1.54, 1.807) is 0 Å². The Labute approximate surface area is 69.5 Å². The van der Waals surface area contributed by atoms with E-state index < -0.39 is 6.16 Å². The highest BCUT2D eigenvalue weighted by Gasteiger charge is 2.20. The summed E-state index contributed by atoms with van der Waals surface area (Å²) in [6.07, 6.45) is -0.235. The van der Waals surface area contributed by atoms with Gasteiger partial charge in [0.25, 0.3) is 0 Å². The largest absolute Gasteiger partial charge is 0.528 e. The van der Waals surface area contributed by atoms with Crippen LogP contribution in [0.15, 0.2) is 0 Å². The number of hydrogen-bond donors (Lipinski definition) is 2. The Bertz CT molecular complexity index is 136. The van der Waals surface area contributed by atoms with Gasteiger partial charge >= 0.3 is 6.16 Å². The average Bonchev–Trinajstić information content (AvgIpc) is 2.40. The van der Waals surface area contributed by atoms with Crippen LogP contribution in [0.3, 0.4) is 0 Å². The monoisotopic (exact) mass is 179 g/mol. The molecule has 0 aromatic carbocycles. The lowest BCUT2D eigenvalue weighted by atomic mass is 10.3. The van der Waals surface area contributed by atoms with Crippen molar-refractivity contribution in [3.63, 3.8) is 0 Å². The van der Waals surface area contributed by atoms with Gasteiger partial charge in [-0.05, 0) is 0 Å². The summed E-state index contributed by atoms with van der Waals surface area (Å²) < 4.78 is 9.72. The number of thiol groups is 1. The fraction of sp³-hybridized carbons (Fsp3) is 0.800. The van der Waals surface area contributed by atoms with Gasteiger partial charge in [-0.2, -0.15) is 0 Å². The molecule has 11 heavy (non-hydrogen) atoms. The fourth-order valence-electron chi connectivity index (χ4n) is 0.803. The highest BCUT2D eigenvalue weighted by Crippen LogP contribution is 2.08. The van der Waals surface area contributed by atoms with Crippen LogP contribution in [0.25, 0.3) is 0 Å². The summed E-state index contributed by atoms with van der Waals surface area (Å²) >= 11 is 3.45. The second-order valence-electron chi connectivity index (χ2n) is 2.05. The van der Waals surface area contributed by atoms with E-state index in [2.05, 4.69) is 17.7 Å². The smallest absolute Gasteiger partial charge is 0.427 e. The van der Waals surface area contributed by atoms with Crippen molar-refractivity contribution in [3.8, 4) is 0 Å². The van der Waals surface area contributed by atoms with Crippen LogP contribution in [0, 0.1) is 0 Å². The molecule has 0 spiro atoms. The first kappa shape index (κ1) is 8.63. The Balaban J connectivity index is 2.13. The molecular formula is C5H9NO4S. The molecule has 1 aliphatic rings.